The van der Waals surface area contributed by atoms with Crippen LogP contribution in [0.3, 0.4) is 0 Å². The Labute approximate surface area is 136 Å². The Morgan fingerprint density at radius 1 is 1.14 bits per heavy atom. The quantitative estimate of drug-likeness (QED) is 0.834. The van der Waals surface area contributed by atoms with Crippen molar-refractivity contribution in [2.24, 2.45) is 0 Å². The molecule has 4 heteroatoms. The number of nitrogens with zero attached hydrogens (tertiary/aromatic N) is 1. The molecule has 116 valence electrons. The van der Waals surface area contributed by atoms with Gasteiger partial charge in [-0.15, -0.1) is 0 Å². The summed E-state index contributed by atoms with van der Waals surface area (Å²) in [6.07, 6.45) is 0. The van der Waals surface area contributed by atoms with Crippen molar-refractivity contribution in [1.29, 1.82) is 0 Å². The molecule has 0 spiro atoms. The summed E-state index contributed by atoms with van der Waals surface area (Å²) in [7, 11) is 1.75. The van der Waals surface area contributed by atoms with Gasteiger partial charge in [0.25, 0.3) is 5.91 Å². The fourth-order valence-corrected chi connectivity index (χ4v) is 2.22. The molecule has 0 aliphatic carbocycles. The van der Waals surface area contributed by atoms with Crippen LogP contribution in [0.4, 0.5) is 0 Å². The summed E-state index contributed by atoms with van der Waals surface area (Å²) < 4.78 is 5.57. The molecule has 0 unspecified atom stereocenters. The molecule has 0 aliphatic heterocycles. The highest BCUT2D eigenvalue weighted by Crippen LogP contribution is 2.18. The zero-order valence-corrected chi connectivity index (χ0v) is 13.9. The molecule has 0 bridgehead atoms. The molecule has 2 aromatic rings. The van der Waals surface area contributed by atoms with Gasteiger partial charge in [0.1, 0.15) is 5.75 Å². The predicted octanol–water partition coefficient (Wildman–Crippen LogP) is 3.99. The third-order valence-electron chi connectivity index (χ3n) is 3.63. The second kappa shape index (κ2) is 7.32. The normalized spacial score (nSPS) is 10.4. The minimum absolute atomic E-state index is 0.0173. The SMILES string of the molecule is Cc1ccc(OCC(=O)N(C)Cc2ccccc2Cl)cc1C. The van der Waals surface area contributed by atoms with Crippen molar-refractivity contribution >= 4 is 17.5 Å². The van der Waals surface area contributed by atoms with Crippen LogP contribution in [0.1, 0.15) is 16.7 Å². The summed E-state index contributed by atoms with van der Waals surface area (Å²) in [4.78, 5) is 13.8. The molecule has 0 saturated heterocycles. The molecule has 3 nitrogen and oxygen atoms in total. The van der Waals surface area contributed by atoms with Gasteiger partial charge in [-0.05, 0) is 48.7 Å². The first-order valence-electron chi connectivity index (χ1n) is 7.15. The minimum atomic E-state index is -0.0850. The summed E-state index contributed by atoms with van der Waals surface area (Å²) in [6, 6.07) is 13.3. The maximum absolute atomic E-state index is 12.1. The first-order valence-corrected chi connectivity index (χ1v) is 7.52. The molecular formula is C18H20ClNO2. The predicted molar refractivity (Wildman–Crippen MR) is 89.3 cm³/mol. The average molecular weight is 318 g/mol. The lowest BCUT2D eigenvalue weighted by Gasteiger charge is -2.18. The van der Waals surface area contributed by atoms with Gasteiger partial charge in [-0.25, -0.2) is 0 Å². The highest BCUT2D eigenvalue weighted by atomic mass is 35.5. The van der Waals surface area contributed by atoms with E-state index >= 15 is 0 Å². The number of aryl methyl sites for hydroxylation is 2. The van der Waals surface area contributed by atoms with Gasteiger partial charge < -0.3 is 9.64 Å². The van der Waals surface area contributed by atoms with Crippen molar-refractivity contribution in [2.75, 3.05) is 13.7 Å². The van der Waals surface area contributed by atoms with E-state index in [0.717, 1.165) is 11.1 Å². The molecule has 0 aliphatic rings. The summed E-state index contributed by atoms with van der Waals surface area (Å²) in [5, 5.41) is 0.664. The second-order valence-corrected chi connectivity index (χ2v) is 5.78. The molecule has 0 fully saturated rings. The largest absolute Gasteiger partial charge is 0.484 e. The van der Waals surface area contributed by atoms with Crippen LogP contribution in [0, 0.1) is 13.8 Å². The highest BCUT2D eigenvalue weighted by molar-refractivity contribution is 6.31. The van der Waals surface area contributed by atoms with Crippen molar-refractivity contribution in [3.63, 3.8) is 0 Å². The Morgan fingerprint density at radius 3 is 2.55 bits per heavy atom. The van der Waals surface area contributed by atoms with Crippen LogP contribution >= 0.6 is 11.6 Å². The number of hydrogen-bond acceptors (Lipinski definition) is 2. The zero-order chi connectivity index (χ0) is 16.1. The Hall–Kier alpha value is -2.00. The maximum Gasteiger partial charge on any atom is 0.260 e. The van der Waals surface area contributed by atoms with E-state index in [2.05, 4.69) is 0 Å². The van der Waals surface area contributed by atoms with Crippen molar-refractivity contribution in [3.8, 4) is 5.75 Å². The Bertz CT molecular complexity index is 670. The molecule has 0 N–H and O–H groups in total. The van der Waals surface area contributed by atoms with Gasteiger partial charge >= 0.3 is 0 Å². The smallest absolute Gasteiger partial charge is 0.260 e. The third kappa shape index (κ3) is 4.25. The van der Waals surface area contributed by atoms with Gasteiger partial charge in [0, 0.05) is 18.6 Å². The number of amides is 1. The molecule has 0 aromatic heterocycles. The zero-order valence-electron chi connectivity index (χ0n) is 13.1. The van der Waals surface area contributed by atoms with Gasteiger partial charge in [0.15, 0.2) is 6.61 Å². The molecule has 2 rings (SSSR count). The molecular weight excluding hydrogens is 298 g/mol. The van der Waals surface area contributed by atoms with E-state index in [4.69, 9.17) is 16.3 Å². The number of rotatable bonds is 5. The Kier molecular flexibility index (Phi) is 5.45. The van der Waals surface area contributed by atoms with Crippen LogP contribution in [0.2, 0.25) is 5.02 Å². The molecule has 0 radical (unpaired) electrons. The van der Waals surface area contributed by atoms with E-state index in [-0.39, 0.29) is 12.5 Å². The average Bonchev–Trinajstić information content (AvgIpc) is 2.50. The van der Waals surface area contributed by atoms with E-state index < -0.39 is 0 Å². The van der Waals surface area contributed by atoms with E-state index in [1.807, 2.05) is 56.3 Å². The first-order chi connectivity index (χ1) is 10.5. The van der Waals surface area contributed by atoms with Crippen LogP contribution < -0.4 is 4.74 Å². The summed E-state index contributed by atoms with van der Waals surface area (Å²) in [5.74, 6) is 0.626. The first kappa shape index (κ1) is 16.4. The third-order valence-corrected chi connectivity index (χ3v) is 4.00. The molecule has 0 heterocycles. The lowest BCUT2D eigenvalue weighted by Crippen LogP contribution is -2.31. The number of halogens is 1. The van der Waals surface area contributed by atoms with Crippen molar-refractivity contribution in [3.05, 3.63) is 64.2 Å². The number of benzene rings is 2. The van der Waals surface area contributed by atoms with Gasteiger partial charge in [-0.3, -0.25) is 4.79 Å². The molecule has 22 heavy (non-hydrogen) atoms. The van der Waals surface area contributed by atoms with Crippen LogP contribution in [-0.4, -0.2) is 24.5 Å². The Balaban J connectivity index is 1.91. The topological polar surface area (TPSA) is 29.5 Å². The number of carbonyl (C=O) groups is 1. The summed E-state index contributed by atoms with van der Waals surface area (Å²) >= 11 is 6.11. The van der Waals surface area contributed by atoms with Gasteiger partial charge in [-0.1, -0.05) is 35.9 Å². The van der Waals surface area contributed by atoms with Crippen LogP contribution in [0.15, 0.2) is 42.5 Å². The van der Waals surface area contributed by atoms with Crippen molar-refractivity contribution in [2.45, 2.75) is 20.4 Å². The molecule has 2 aromatic carbocycles. The Morgan fingerprint density at radius 2 is 1.86 bits per heavy atom. The molecule has 0 atom stereocenters. The second-order valence-electron chi connectivity index (χ2n) is 5.38. The number of ether oxygens (including phenoxy) is 1. The highest BCUT2D eigenvalue weighted by Gasteiger charge is 2.12. The van der Waals surface area contributed by atoms with Crippen LogP contribution in [-0.2, 0) is 11.3 Å². The lowest BCUT2D eigenvalue weighted by atomic mass is 10.1. The van der Waals surface area contributed by atoms with Gasteiger partial charge in [0.05, 0.1) is 0 Å². The van der Waals surface area contributed by atoms with E-state index in [0.29, 0.717) is 17.3 Å². The standard InChI is InChI=1S/C18H20ClNO2/c1-13-8-9-16(10-14(13)2)22-12-18(21)20(3)11-15-6-4-5-7-17(15)19/h4-10H,11-12H2,1-3H3. The fourth-order valence-electron chi connectivity index (χ4n) is 2.03. The van der Waals surface area contributed by atoms with Crippen LogP contribution in [0.25, 0.3) is 0 Å². The van der Waals surface area contributed by atoms with Crippen LogP contribution in [0.5, 0.6) is 5.75 Å². The van der Waals surface area contributed by atoms with E-state index in [9.17, 15) is 4.79 Å². The fraction of sp³-hybridized carbons (Fsp3) is 0.278. The summed E-state index contributed by atoms with van der Waals surface area (Å²) in [5.41, 5.74) is 3.27. The number of carbonyl (C=O) groups excluding carboxylic acids is 1. The minimum Gasteiger partial charge on any atom is -0.484 e. The monoisotopic (exact) mass is 317 g/mol. The van der Waals surface area contributed by atoms with Gasteiger partial charge in [-0.2, -0.15) is 0 Å². The summed E-state index contributed by atoms with van der Waals surface area (Å²) in [6.45, 7) is 4.55. The molecule has 0 saturated carbocycles. The number of hydrogen-bond donors (Lipinski definition) is 0. The van der Waals surface area contributed by atoms with E-state index in [1.165, 1.54) is 5.56 Å². The van der Waals surface area contributed by atoms with E-state index in [1.54, 1.807) is 11.9 Å². The lowest BCUT2D eigenvalue weighted by molar-refractivity contribution is -0.132. The van der Waals surface area contributed by atoms with Crippen molar-refractivity contribution < 1.29 is 9.53 Å². The van der Waals surface area contributed by atoms with Gasteiger partial charge in [0.2, 0.25) is 0 Å². The van der Waals surface area contributed by atoms with Crippen molar-refractivity contribution in [1.82, 2.24) is 4.90 Å². The number of likely N-dealkylation sites (N-methyl/N-ethyl adjacent to an activating group) is 1. The maximum atomic E-state index is 12.1. The molecule has 1 amide bonds.